The molecule has 39 heavy (non-hydrogen) atoms. The molecule has 0 spiro atoms. The quantitative estimate of drug-likeness (QED) is 0.235. The zero-order chi connectivity index (χ0) is 28.7. The highest BCUT2D eigenvalue weighted by Crippen LogP contribution is 2.31. The molecule has 1 aromatic carbocycles. The summed E-state index contributed by atoms with van der Waals surface area (Å²) in [6.07, 6.45) is 5.86. The smallest absolute Gasteiger partial charge is 0.254 e. The molecule has 216 valence electrons. The van der Waals surface area contributed by atoms with Gasteiger partial charge in [0.1, 0.15) is 17.7 Å². The second-order valence-corrected chi connectivity index (χ2v) is 11.8. The number of hydroxylamine groups is 2. The summed E-state index contributed by atoms with van der Waals surface area (Å²) in [4.78, 5) is 52.1. The van der Waals surface area contributed by atoms with Gasteiger partial charge in [0.25, 0.3) is 5.91 Å². The summed E-state index contributed by atoms with van der Waals surface area (Å²) < 4.78 is 27.1. The minimum atomic E-state index is -0.937. The van der Waals surface area contributed by atoms with Crippen molar-refractivity contribution in [3.8, 4) is 0 Å². The van der Waals surface area contributed by atoms with Crippen LogP contribution in [0.5, 0.6) is 0 Å². The zero-order valence-corrected chi connectivity index (χ0v) is 22.9. The lowest BCUT2D eigenvalue weighted by molar-refractivity contribution is -0.156. The topological polar surface area (TPSA) is 119 Å². The SMILES string of the molecule is CC(C)(C)C(NC(=O)C(CC1CCCC1)CN(O)C=O)C(=O)N1CCC(NC(=O)c2ccc(F)cc2F)CC1. The van der Waals surface area contributed by atoms with Crippen molar-refractivity contribution < 1.29 is 33.2 Å². The Morgan fingerprint density at radius 1 is 1.13 bits per heavy atom. The van der Waals surface area contributed by atoms with Gasteiger partial charge in [0.2, 0.25) is 18.2 Å². The van der Waals surface area contributed by atoms with E-state index in [-0.39, 0.29) is 36.4 Å². The van der Waals surface area contributed by atoms with Crippen molar-refractivity contribution in [2.45, 2.75) is 77.8 Å². The van der Waals surface area contributed by atoms with Crippen molar-refractivity contribution in [3.05, 3.63) is 35.4 Å². The first-order valence-corrected chi connectivity index (χ1v) is 13.6. The molecular weight excluding hydrogens is 510 g/mol. The summed E-state index contributed by atoms with van der Waals surface area (Å²) >= 11 is 0. The molecule has 1 aliphatic heterocycles. The lowest BCUT2D eigenvalue weighted by Crippen LogP contribution is -2.58. The molecule has 0 aromatic heterocycles. The van der Waals surface area contributed by atoms with Gasteiger partial charge in [-0.25, -0.2) is 13.8 Å². The molecule has 3 N–H and O–H groups in total. The number of carbonyl (C=O) groups is 4. The van der Waals surface area contributed by atoms with E-state index >= 15 is 0 Å². The number of halogens is 2. The standard InChI is InChI=1S/C28H40F2N4O5/c1-28(2,3)24(32-25(36)19(16-34(39)17-35)14-18-6-4-5-7-18)27(38)33-12-10-21(11-13-33)31-26(37)22-9-8-20(29)15-23(22)30/h8-9,15,17-19,21,24,39H,4-7,10-14,16H2,1-3H3,(H,31,37)(H,32,36). The number of amides is 4. The third-order valence-corrected chi connectivity index (χ3v) is 7.71. The highest BCUT2D eigenvalue weighted by Gasteiger charge is 2.39. The first-order valence-electron chi connectivity index (χ1n) is 13.6. The van der Waals surface area contributed by atoms with Gasteiger partial charge in [-0.05, 0) is 42.7 Å². The third-order valence-electron chi connectivity index (χ3n) is 7.71. The molecule has 1 aromatic rings. The predicted molar refractivity (Wildman–Crippen MR) is 139 cm³/mol. The number of hydrogen-bond acceptors (Lipinski definition) is 5. The number of hydrogen-bond donors (Lipinski definition) is 3. The molecule has 2 aliphatic rings. The van der Waals surface area contributed by atoms with Crippen LogP contribution in [0.2, 0.25) is 0 Å². The van der Waals surface area contributed by atoms with Gasteiger partial charge in [-0.1, -0.05) is 46.5 Å². The number of nitrogens with zero attached hydrogens (tertiary/aromatic N) is 2. The van der Waals surface area contributed by atoms with E-state index in [0.717, 1.165) is 37.8 Å². The van der Waals surface area contributed by atoms with E-state index in [1.54, 1.807) is 4.90 Å². The Bertz CT molecular complexity index is 1030. The molecule has 11 heteroatoms. The minimum absolute atomic E-state index is 0.142. The van der Waals surface area contributed by atoms with Crippen LogP contribution in [-0.2, 0) is 14.4 Å². The Balaban J connectivity index is 1.61. The van der Waals surface area contributed by atoms with Crippen LogP contribution in [0, 0.1) is 28.9 Å². The molecule has 1 heterocycles. The Morgan fingerprint density at radius 3 is 2.33 bits per heavy atom. The number of likely N-dealkylation sites (tertiary alicyclic amines) is 1. The Labute approximate surface area is 228 Å². The lowest BCUT2D eigenvalue weighted by atomic mass is 9.84. The monoisotopic (exact) mass is 550 g/mol. The molecule has 1 saturated carbocycles. The molecule has 2 atom stereocenters. The van der Waals surface area contributed by atoms with Crippen molar-refractivity contribution in [2.75, 3.05) is 19.6 Å². The summed E-state index contributed by atoms with van der Waals surface area (Å²) in [5, 5.41) is 15.9. The van der Waals surface area contributed by atoms with Crippen LogP contribution in [-0.4, -0.2) is 71.0 Å². The second-order valence-electron chi connectivity index (χ2n) is 11.8. The number of carbonyl (C=O) groups excluding carboxylic acids is 4. The van der Waals surface area contributed by atoms with E-state index in [1.807, 2.05) is 20.8 Å². The average molecular weight is 551 g/mol. The van der Waals surface area contributed by atoms with Gasteiger partial charge in [0, 0.05) is 25.2 Å². The molecule has 2 fully saturated rings. The fourth-order valence-electron chi connectivity index (χ4n) is 5.45. The molecule has 0 radical (unpaired) electrons. The summed E-state index contributed by atoms with van der Waals surface area (Å²) in [6.45, 7) is 6.09. The molecule has 3 rings (SSSR count). The van der Waals surface area contributed by atoms with Gasteiger partial charge in [0.15, 0.2) is 0 Å². The van der Waals surface area contributed by atoms with E-state index in [4.69, 9.17) is 0 Å². The lowest BCUT2D eigenvalue weighted by Gasteiger charge is -2.39. The molecule has 1 aliphatic carbocycles. The molecule has 2 unspecified atom stereocenters. The zero-order valence-electron chi connectivity index (χ0n) is 22.9. The van der Waals surface area contributed by atoms with Crippen LogP contribution in [0.25, 0.3) is 0 Å². The number of benzene rings is 1. The second kappa shape index (κ2) is 13.3. The maximum atomic E-state index is 14.0. The molecule has 1 saturated heterocycles. The van der Waals surface area contributed by atoms with Gasteiger partial charge in [-0.3, -0.25) is 24.4 Å². The van der Waals surface area contributed by atoms with Crippen LogP contribution in [0.4, 0.5) is 8.78 Å². The molecule has 4 amide bonds. The highest BCUT2D eigenvalue weighted by molar-refractivity contribution is 5.94. The fourth-order valence-corrected chi connectivity index (χ4v) is 5.45. The van der Waals surface area contributed by atoms with Crippen LogP contribution >= 0.6 is 0 Å². The average Bonchev–Trinajstić information content (AvgIpc) is 3.39. The van der Waals surface area contributed by atoms with Crippen molar-refractivity contribution >= 4 is 24.1 Å². The predicted octanol–water partition coefficient (Wildman–Crippen LogP) is 3.26. The van der Waals surface area contributed by atoms with E-state index in [1.165, 1.54) is 0 Å². The number of piperidine rings is 1. The van der Waals surface area contributed by atoms with E-state index in [0.29, 0.717) is 49.4 Å². The van der Waals surface area contributed by atoms with Crippen molar-refractivity contribution in [1.82, 2.24) is 20.6 Å². The summed E-state index contributed by atoms with van der Waals surface area (Å²) in [5.41, 5.74) is -0.854. The van der Waals surface area contributed by atoms with Crippen LogP contribution in [0.15, 0.2) is 18.2 Å². The van der Waals surface area contributed by atoms with Crippen LogP contribution in [0.1, 0.15) is 76.1 Å². The maximum Gasteiger partial charge on any atom is 0.254 e. The van der Waals surface area contributed by atoms with Gasteiger partial charge in [0.05, 0.1) is 18.0 Å². The summed E-state index contributed by atoms with van der Waals surface area (Å²) in [7, 11) is 0. The van der Waals surface area contributed by atoms with Crippen LogP contribution < -0.4 is 10.6 Å². The first kappa shape index (κ1) is 30.5. The third kappa shape index (κ3) is 8.45. The number of nitrogens with one attached hydrogen (secondary N) is 2. The van der Waals surface area contributed by atoms with E-state index in [2.05, 4.69) is 10.6 Å². The first-order chi connectivity index (χ1) is 18.4. The van der Waals surface area contributed by atoms with Crippen LogP contribution in [0.3, 0.4) is 0 Å². The van der Waals surface area contributed by atoms with Gasteiger partial charge in [-0.15, -0.1) is 0 Å². The van der Waals surface area contributed by atoms with E-state index < -0.39 is 34.9 Å². The normalized spacial score (nSPS) is 18.4. The summed E-state index contributed by atoms with van der Waals surface area (Å²) in [6, 6.07) is 1.66. The molecular formula is C28H40F2N4O5. The maximum absolute atomic E-state index is 14.0. The number of rotatable bonds is 10. The molecule has 0 bridgehead atoms. The van der Waals surface area contributed by atoms with Crippen molar-refractivity contribution in [1.29, 1.82) is 0 Å². The van der Waals surface area contributed by atoms with Gasteiger partial charge < -0.3 is 15.5 Å². The van der Waals surface area contributed by atoms with Gasteiger partial charge in [-0.2, -0.15) is 0 Å². The van der Waals surface area contributed by atoms with Crippen molar-refractivity contribution in [2.24, 2.45) is 17.3 Å². The highest BCUT2D eigenvalue weighted by atomic mass is 19.1. The Hall–Kier alpha value is -3.08. The summed E-state index contributed by atoms with van der Waals surface area (Å²) in [5.74, 6) is -3.28. The van der Waals surface area contributed by atoms with Gasteiger partial charge >= 0.3 is 0 Å². The Morgan fingerprint density at radius 2 is 1.77 bits per heavy atom. The van der Waals surface area contributed by atoms with E-state index in [9.17, 15) is 33.2 Å². The largest absolute Gasteiger partial charge is 0.349 e. The van der Waals surface area contributed by atoms with Crippen molar-refractivity contribution in [3.63, 3.8) is 0 Å². The fraction of sp³-hybridized carbons (Fsp3) is 0.643. The molecule has 9 nitrogen and oxygen atoms in total. The minimum Gasteiger partial charge on any atom is -0.349 e. The Kier molecular flexibility index (Phi) is 10.4.